The zero-order chi connectivity index (χ0) is 13.7. The number of nitrogens with zero attached hydrogens (tertiary/aromatic N) is 2. The van der Waals surface area contributed by atoms with Crippen LogP contribution in [0.2, 0.25) is 0 Å². The Kier molecular flexibility index (Phi) is 5.18. The van der Waals surface area contributed by atoms with Crippen molar-refractivity contribution in [3.05, 3.63) is 34.3 Å². The first-order chi connectivity index (χ1) is 9.22. The maximum absolute atomic E-state index is 5.41. The molecule has 0 spiro atoms. The van der Waals surface area contributed by atoms with E-state index < -0.39 is 0 Å². The second kappa shape index (κ2) is 6.88. The number of rotatable bonds is 6. The maximum atomic E-state index is 5.41. The Balaban J connectivity index is 2.10. The summed E-state index contributed by atoms with van der Waals surface area (Å²) in [5, 5.41) is 12.3. The van der Waals surface area contributed by atoms with Crippen LogP contribution in [0, 0.1) is 6.92 Å². The summed E-state index contributed by atoms with van der Waals surface area (Å²) in [6.45, 7) is 2.83. The van der Waals surface area contributed by atoms with E-state index in [1.54, 1.807) is 30.2 Å². The predicted molar refractivity (Wildman–Crippen MR) is 80.0 cm³/mol. The van der Waals surface area contributed by atoms with Gasteiger partial charge in [-0.3, -0.25) is 0 Å². The lowest BCUT2D eigenvalue weighted by Gasteiger charge is -2.09. The molecule has 0 bridgehead atoms. The molecule has 6 heteroatoms. The lowest BCUT2D eigenvalue weighted by molar-refractivity contribution is 0.411. The van der Waals surface area contributed by atoms with Crippen molar-refractivity contribution in [2.45, 2.75) is 23.6 Å². The molecular formula is C13H17N3OS2. The van der Waals surface area contributed by atoms with Gasteiger partial charge in [-0.05, 0) is 31.7 Å². The van der Waals surface area contributed by atoms with Crippen molar-refractivity contribution in [1.82, 2.24) is 15.5 Å². The molecule has 2 aromatic rings. The molecule has 2 rings (SSSR count). The van der Waals surface area contributed by atoms with Gasteiger partial charge in [0.15, 0.2) is 4.34 Å². The fraction of sp³-hybridized carbons (Fsp3) is 0.385. The maximum Gasteiger partial charge on any atom is 0.174 e. The van der Waals surface area contributed by atoms with Crippen molar-refractivity contribution in [1.29, 1.82) is 0 Å². The van der Waals surface area contributed by atoms with Crippen LogP contribution in [-0.4, -0.2) is 24.4 Å². The van der Waals surface area contributed by atoms with Gasteiger partial charge >= 0.3 is 0 Å². The zero-order valence-corrected chi connectivity index (χ0v) is 12.9. The molecule has 0 aliphatic carbocycles. The Hall–Kier alpha value is -1.11. The standard InChI is InChI=1S/C13H17N3OS2/c1-9-15-16-13(19-9)18-8-11-6-10(7-14-2)4-5-12(11)17-3/h4-6,14H,7-8H2,1-3H3. The number of ether oxygens (including phenoxy) is 1. The van der Waals surface area contributed by atoms with Crippen molar-refractivity contribution in [3.8, 4) is 5.75 Å². The number of benzene rings is 1. The molecule has 0 aliphatic rings. The van der Waals surface area contributed by atoms with Crippen molar-refractivity contribution in [3.63, 3.8) is 0 Å². The number of hydrogen-bond acceptors (Lipinski definition) is 6. The summed E-state index contributed by atoms with van der Waals surface area (Å²) in [5.41, 5.74) is 2.44. The normalized spacial score (nSPS) is 10.7. The van der Waals surface area contributed by atoms with Gasteiger partial charge in [0.05, 0.1) is 7.11 Å². The first-order valence-corrected chi connectivity index (χ1v) is 7.76. The number of nitrogens with one attached hydrogen (secondary N) is 1. The highest BCUT2D eigenvalue weighted by Gasteiger charge is 2.07. The largest absolute Gasteiger partial charge is 0.496 e. The average molecular weight is 295 g/mol. The average Bonchev–Trinajstić information content (AvgIpc) is 2.83. The Morgan fingerprint density at radius 1 is 1.37 bits per heavy atom. The zero-order valence-electron chi connectivity index (χ0n) is 11.3. The van der Waals surface area contributed by atoms with Gasteiger partial charge in [-0.1, -0.05) is 29.2 Å². The van der Waals surface area contributed by atoms with Gasteiger partial charge in [-0.25, -0.2) is 0 Å². The summed E-state index contributed by atoms with van der Waals surface area (Å²) in [6, 6.07) is 6.28. The van der Waals surface area contributed by atoms with Gasteiger partial charge in [0.1, 0.15) is 10.8 Å². The molecule has 0 radical (unpaired) electrons. The van der Waals surface area contributed by atoms with Gasteiger partial charge < -0.3 is 10.1 Å². The smallest absolute Gasteiger partial charge is 0.174 e. The molecule has 0 unspecified atom stereocenters. The lowest BCUT2D eigenvalue weighted by Crippen LogP contribution is -2.05. The Labute approximate surface area is 121 Å². The predicted octanol–water partition coefficient (Wildman–Crippen LogP) is 2.87. The van der Waals surface area contributed by atoms with Gasteiger partial charge in [0.2, 0.25) is 0 Å². The monoisotopic (exact) mass is 295 g/mol. The topological polar surface area (TPSA) is 47.0 Å². The van der Waals surface area contributed by atoms with E-state index in [1.807, 2.05) is 20.0 Å². The van der Waals surface area contributed by atoms with Crippen LogP contribution < -0.4 is 10.1 Å². The minimum absolute atomic E-state index is 0.843. The van der Waals surface area contributed by atoms with E-state index in [1.165, 1.54) is 11.1 Å². The molecule has 0 amide bonds. The summed E-state index contributed by atoms with van der Waals surface area (Å²) in [7, 11) is 3.65. The Morgan fingerprint density at radius 2 is 2.21 bits per heavy atom. The van der Waals surface area contributed by atoms with Crippen LogP contribution in [0.15, 0.2) is 22.5 Å². The van der Waals surface area contributed by atoms with E-state index in [-0.39, 0.29) is 0 Å². The molecule has 102 valence electrons. The highest BCUT2D eigenvalue weighted by atomic mass is 32.2. The van der Waals surface area contributed by atoms with Crippen molar-refractivity contribution in [2.75, 3.05) is 14.2 Å². The number of aryl methyl sites for hydroxylation is 1. The third-order valence-electron chi connectivity index (χ3n) is 2.58. The second-order valence-electron chi connectivity index (χ2n) is 4.05. The summed E-state index contributed by atoms with van der Waals surface area (Å²) in [6.07, 6.45) is 0. The minimum Gasteiger partial charge on any atom is -0.496 e. The van der Waals surface area contributed by atoms with Crippen LogP contribution in [0.25, 0.3) is 0 Å². The molecule has 0 aliphatic heterocycles. The van der Waals surface area contributed by atoms with Crippen LogP contribution in [0.3, 0.4) is 0 Å². The van der Waals surface area contributed by atoms with Crippen LogP contribution in [0.5, 0.6) is 5.75 Å². The molecule has 0 saturated heterocycles. The molecule has 0 saturated carbocycles. The molecule has 1 N–H and O–H groups in total. The molecule has 4 nitrogen and oxygen atoms in total. The fourth-order valence-electron chi connectivity index (χ4n) is 1.74. The highest BCUT2D eigenvalue weighted by molar-refractivity contribution is 8.00. The SMILES string of the molecule is CNCc1ccc(OC)c(CSc2nnc(C)s2)c1. The van der Waals surface area contributed by atoms with E-state index in [0.29, 0.717) is 0 Å². The second-order valence-corrected chi connectivity index (χ2v) is 6.46. The van der Waals surface area contributed by atoms with Gasteiger partial charge in [-0.15, -0.1) is 10.2 Å². The third-order valence-corrected chi connectivity index (χ3v) is 4.61. The first kappa shape index (κ1) is 14.3. The third kappa shape index (κ3) is 3.92. The molecule has 0 atom stereocenters. The molecule has 1 aromatic heterocycles. The van der Waals surface area contributed by atoms with E-state index >= 15 is 0 Å². The van der Waals surface area contributed by atoms with Gasteiger partial charge in [-0.2, -0.15) is 0 Å². The number of thioether (sulfide) groups is 1. The van der Waals surface area contributed by atoms with Crippen molar-refractivity contribution < 1.29 is 4.74 Å². The van der Waals surface area contributed by atoms with E-state index in [4.69, 9.17) is 4.74 Å². The summed E-state index contributed by atoms with van der Waals surface area (Å²) < 4.78 is 6.40. The molecule has 19 heavy (non-hydrogen) atoms. The Morgan fingerprint density at radius 3 is 2.84 bits per heavy atom. The minimum atomic E-state index is 0.843. The quantitative estimate of drug-likeness (QED) is 0.830. The van der Waals surface area contributed by atoms with E-state index in [0.717, 1.165) is 27.4 Å². The van der Waals surface area contributed by atoms with Gasteiger partial charge in [0, 0.05) is 17.9 Å². The lowest BCUT2D eigenvalue weighted by atomic mass is 10.1. The Bertz CT molecular complexity index is 542. The van der Waals surface area contributed by atoms with Crippen LogP contribution >= 0.6 is 23.1 Å². The summed E-state index contributed by atoms with van der Waals surface area (Å²) >= 11 is 3.32. The molecular weight excluding hydrogens is 278 g/mol. The van der Waals surface area contributed by atoms with Gasteiger partial charge in [0.25, 0.3) is 0 Å². The number of methoxy groups -OCH3 is 1. The summed E-state index contributed by atoms with van der Waals surface area (Å²) in [4.78, 5) is 0. The molecule has 1 aromatic carbocycles. The highest BCUT2D eigenvalue weighted by Crippen LogP contribution is 2.30. The van der Waals surface area contributed by atoms with Crippen molar-refractivity contribution in [2.24, 2.45) is 0 Å². The molecule has 1 heterocycles. The van der Waals surface area contributed by atoms with Crippen LogP contribution in [0.1, 0.15) is 16.1 Å². The number of aromatic nitrogens is 2. The van der Waals surface area contributed by atoms with Crippen molar-refractivity contribution >= 4 is 23.1 Å². The fourth-order valence-corrected chi connectivity index (χ4v) is 3.53. The summed E-state index contributed by atoms with van der Waals surface area (Å²) in [5.74, 6) is 1.77. The first-order valence-electron chi connectivity index (χ1n) is 5.96. The number of hydrogen-bond donors (Lipinski definition) is 1. The van der Waals surface area contributed by atoms with E-state index in [2.05, 4.69) is 27.6 Å². The van der Waals surface area contributed by atoms with E-state index in [9.17, 15) is 0 Å². The van der Waals surface area contributed by atoms with Crippen LogP contribution in [0.4, 0.5) is 0 Å². The van der Waals surface area contributed by atoms with Crippen LogP contribution in [-0.2, 0) is 12.3 Å². The molecule has 0 fully saturated rings.